The highest BCUT2D eigenvalue weighted by Crippen LogP contribution is 2.44. The van der Waals surface area contributed by atoms with Crippen LogP contribution < -0.4 is 0 Å². The average Bonchev–Trinajstić information content (AvgIpc) is 3.23. The van der Waals surface area contributed by atoms with Crippen LogP contribution in [0.1, 0.15) is 88.2 Å². The van der Waals surface area contributed by atoms with E-state index in [1.54, 1.807) is 0 Å². The van der Waals surface area contributed by atoms with Crippen molar-refractivity contribution in [2.24, 2.45) is 0 Å². The molecule has 0 N–H and O–H groups in total. The molecule has 196 valence electrons. The first kappa shape index (κ1) is 26.8. The number of rotatable bonds is 4. The molecule has 1 aliphatic heterocycles. The van der Waals surface area contributed by atoms with Crippen molar-refractivity contribution in [2.75, 3.05) is 19.8 Å². The largest absolute Gasteiger partial charge is 0.463 e. The first-order valence-corrected chi connectivity index (χ1v) is 13.9. The molecule has 0 bridgehead atoms. The van der Waals surface area contributed by atoms with E-state index in [2.05, 4.69) is 55.2 Å². The zero-order chi connectivity index (χ0) is 25.9. The summed E-state index contributed by atoms with van der Waals surface area (Å²) in [4.78, 5) is 27.7. The molecule has 1 unspecified atom stereocenters. The number of cyclic esters (lactones) is 1. The Morgan fingerprint density at radius 3 is 2.30 bits per heavy atom. The number of esters is 1. The van der Waals surface area contributed by atoms with Crippen LogP contribution in [-0.4, -0.2) is 42.8 Å². The van der Waals surface area contributed by atoms with Crippen molar-refractivity contribution < 1.29 is 19.1 Å². The maximum atomic E-state index is 13.5. The van der Waals surface area contributed by atoms with Crippen LogP contribution in [0.25, 0.3) is 11.1 Å². The van der Waals surface area contributed by atoms with Gasteiger partial charge in [0.2, 0.25) is 0 Å². The number of hydrogen-bond acceptors (Lipinski definition) is 4. The molecule has 0 saturated heterocycles. The van der Waals surface area contributed by atoms with E-state index in [1.165, 1.54) is 22.3 Å². The summed E-state index contributed by atoms with van der Waals surface area (Å²) >= 11 is 0. The molecule has 0 radical (unpaired) electrons. The fourth-order valence-electron chi connectivity index (χ4n) is 5.37. The molecule has 5 nitrogen and oxygen atoms in total. The lowest BCUT2D eigenvalue weighted by Crippen LogP contribution is -2.44. The molecule has 4 rings (SSSR count). The van der Waals surface area contributed by atoms with Gasteiger partial charge in [0.1, 0.15) is 13.2 Å². The third-order valence-electron chi connectivity index (χ3n) is 7.33. The van der Waals surface area contributed by atoms with Crippen LogP contribution in [0.15, 0.2) is 48.5 Å². The molecular weight excluding hydrogens is 462 g/mol. The first-order valence-electron chi connectivity index (χ1n) is 13.9. The second kappa shape index (κ2) is 13.9. The lowest BCUT2D eigenvalue weighted by atomic mass is 9.98. The summed E-state index contributed by atoms with van der Waals surface area (Å²) in [5.41, 5.74) is 4.83. The van der Waals surface area contributed by atoms with Gasteiger partial charge in [-0.2, -0.15) is 0 Å². The Morgan fingerprint density at radius 2 is 1.59 bits per heavy atom. The highest BCUT2D eigenvalue weighted by Gasteiger charge is 2.31. The second-order valence-electron chi connectivity index (χ2n) is 9.99. The summed E-state index contributed by atoms with van der Waals surface area (Å²) in [5, 5.41) is 0. The van der Waals surface area contributed by atoms with Gasteiger partial charge in [-0.1, -0.05) is 74.7 Å². The molecule has 1 aliphatic carbocycles. The molecule has 1 amide bonds. The van der Waals surface area contributed by atoms with E-state index < -0.39 is 0 Å². The number of benzene rings is 2. The predicted octanol–water partition coefficient (Wildman–Crippen LogP) is 7.09. The lowest BCUT2D eigenvalue weighted by Gasteiger charge is -2.31. The molecule has 2 aliphatic rings. The van der Waals surface area contributed by atoms with Crippen molar-refractivity contribution in [3.05, 3.63) is 59.7 Å². The van der Waals surface area contributed by atoms with Gasteiger partial charge in [0, 0.05) is 31.7 Å². The van der Waals surface area contributed by atoms with Crippen molar-refractivity contribution in [3.8, 4) is 23.0 Å². The summed E-state index contributed by atoms with van der Waals surface area (Å²) in [5.74, 6) is 6.17. The number of nitrogens with zero attached hydrogens (tertiary/aromatic N) is 1. The normalized spacial score (nSPS) is 19.2. The standard InChI is InChI=1S/C32H39NO4/c1-2-16-25-23-36-31(34)21-10-8-6-4-3-5-7-9-15-22-33(25)32(35)37-24-30-28-19-13-11-17-26(28)27-18-12-14-20-29(27)30/h11-14,17-20,25,30H,2-3,5,7-10,15-16,21-24H2,1H3. The fourth-order valence-corrected chi connectivity index (χ4v) is 5.37. The van der Waals surface area contributed by atoms with Crippen LogP contribution in [0.3, 0.4) is 0 Å². The van der Waals surface area contributed by atoms with Gasteiger partial charge in [-0.3, -0.25) is 4.79 Å². The fraction of sp³-hybridized carbons (Fsp3) is 0.500. The second-order valence-corrected chi connectivity index (χ2v) is 9.99. The van der Waals surface area contributed by atoms with E-state index in [0.717, 1.165) is 51.4 Å². The van der Waals surface area contributed by atoms with E-state index in [4.69, 9.17) is 9.47 Å². The van der Waals surface area contributed by atoms with Crippen molar-refractivity contribution in [3.63, 3.8) is 0 Å². The maximum absolute atomic E-state index is 13.5. The summed E-state index contributed by atoms with van der Waals surface area (Å²) in [7, 11) is 0. The summed E-state index contributed by atoms with van der Waals surface area (Å²) in [6.07, 6.45) is 8.12. The Labute approximate surface area is 221 Å². The molecule has 0 saturated carbocycles. The number of hydrogen-bond donors (Lipinski definition) is 0. The topological polar surface area (TPSA) is 55.8 Å². The third-order valence-corrected chi connectivity index (χ3v) is 7.33. The van der Waals surface area contributed by atoms with Crippen molar-refractivity contribution in [2.45, 2.75) is 83.1 Å². The SMILES string of the molecule is CCCC1COC(=O)CCCC#CCCCCCCN1C(=O)OCC1c2ccccc2-c2ccccc21. The van der Waals surface area contributed by atoms with Gasteiger partial charge in [0.25, 0.3) is 0 Å². The van der Waals surface area contributed by atoms with Crippen LogP contribution in [0.4, 0.5) is 4.79 Å². The van der Waals surface area contributed by atoms with Crippen molar-refractivity contribution in [1.82, 2.24) is 4.90 Å². The monoisotopic (exact) mass is 501 g/mol. The summed E-state index contributed by atoms with van der Waals surface area (Å²) in [6, 6.07) is 16.5. The minimum absolute atomic E-state index is 0.0207. The minimum atomic E-state index is -0.316. The van der Waals surface area contributed by atoms with Crippen LogP contribution in [0.2, 0.25) is 0 Å². The molecule has 1 atom stereocenters. The molecule has 2 aromatic carbocycles. The van der Waals surface area contributed by atoms with Gasteiger partial charge in [0.15, 0.2) is 0 Å². The Morgan fingerprint density at radius 1 is 0.946 bits per heavy atom. The number of fused-ring (bicyclic) bond motifs is 3. The number of ether oxygens (including phenoxy) is 2. The number of carbonyl (C=O) groups is 2. The Balaban J connectivity index is 1.46. The van der Waals surface area contributed by atoms with E-state index >= 15 is 0 Å². The zero-order valence-corrected chi connectivity index (χ0v) is 22.0. The predicted molar refractivity (Wildman–Crippen MR) is 146 cm³/mol. The maximum Gasteiger partial charge on any atom is 0.410 e. The Kier molecular flexibility index (Phi) is 10.1. The highest BCUT2D eigenvalue weighted by molar-refractivity contribution is 5.79. The van der Waals surface area contributed by atoms with Gasteiger partial charge in [-0.25, -0.2) is 4.79 Å². The first-order chi connectivity index (χ1) is 18.2. The third kappa shape index (κ3) is 7.16. The molecule has 5 heteroatoms. The lowest BCUT2D eigenvalue weighted by molar-refractivity contribution is -0.145. The smallest absolute Gasteiger partial charge is 0.410 e. The van der Waals surface area contributed by atoms with E-state index in [1.807, 2.05) is 17.0 Å². The van der Waals surface area contributed by atoms with E-state index in [9.17, 15) is 9.59 Å². The van der Waals surface area contributed by atoms with Gasteiger partial charge >= 0.3 is 12.1 Å². The molecule has 0 fully saturated rings. The number of carbonyl (C=O) groups excluding carboxylic acids is 2. The van der Waals surface area contributed by atoms with E-state index in [0.29, 0.717) is 26.0 Å². The minimum Gasteiger partial charge on any atom is -0.463 e. The summed E-state index contributed by atoms with van der Waals surface area (Å²) in [6.45, 7) is 3.20. The molecule has 37 heavy (non-hydrogen) atoms. The van der Waals surface area contributed by atoms with Crippen molar-refractivity contribution in [1.29, 1.82) is 0 Å². The van der Waals surface area contributed by atoms with Crippen LogP contribution in [0.5, 0.6) is 0 Å². The Hall–Kier alpha value is -3.26. The van der Waals surface area contributed by atoms with Gasteiger partial charge in [0.05, 0.1) is 6.04 Å². The molecule has 1 heterocycles. The molecule has 2 aromatic rings. The van der Waals surface area contributed by atoms with E-state index in [-0.39, 0.29) is 30.6 Å². The van der Waals surface area contributed by atoms with Gasteiger partial charge in [-0.15, -0.1) is 11.8 Å². The number of amides is 1. The van der Waals surface area contributed by atoms with Gasteiger partial charge in [-0.05, 0) is 47.9 Å². The quantitative estimate of drug-likeness (QED) is 0.332. The molecular formula is C32H39NO4. The van der Waals surface area contributed by atoms with Crippen LogP contribution >= 0.6 is 0 Å². The molecule has 0 spiro atoms. The Bertz CT molecular complexity index is 1070. The molecule has 0 aromatic heterocycles. The van der Waals surface area contributed by atoms with Crippen LogP contribution in [0, 0.1) is 11.8 Å². The highest BCUT2D eigenvalue weighted by atomic mass is 16.6. The zero-order valence-electron chi connectivity index (χ0n) is 22.0. The average molecular weight is 502 g/mol. The summed E-state index contributed by atoms with van der Waals surface area (Å²) < 4.78 is 11.6. The van der Waals surface area contributed by atoms with Crippen LogP contribution in [-0.2, 0) is 14.3 Å². The van der Waals surface area contributed by atoms with Gasteiger partial charge < -0.3 is 14.4 Å². The van der Waals surface area contributed by atoms with Crippen molar-refractivity contribution >= 4 is 12.1 Å².